The van der Waals surface area contributed by atoms with Crippen LogP contribution < -0.4 is 11.2 Å². The molecule has 0 amide bonds. The first-order chi connectivity index (χ1) is 23.6. The molecule has 0 radical (unpaired) electrons. The third-order valence-corrected chi connectivity index (χ3v) is 12.8. The van der Waals surface area contributed by atoms with E-state index in [9.17, 15) is 29.0 Å². The van der Waals surface area contributed by atoms with Crippen LogP contribution in [0, 0.1) is 22.2 Å². The predicted octanol–water partition coefficient (Wildman–Crippen LogP) is 5.08. The van der Waals surface area contributed by atoms with Crippen LogP contribution in [0.3, 0.4) is 0 Å². The molecule has 20 heteroatoms. The monoisotopic (exact) mass is 782 g/mol. The summed E-state index contributed by atoms with van der Waals surface area (Å²) in [7, 11) is -0.461. The molecule has 0 aromatic carbocycles. The molecule has 290 valence electrons. The third-order valence-electron chi connectivity index (χ3n) is 6.98. The molecule has 0 aliphatic carbocycles. The lowest BCUT2D eigenvalue weighted by molar-refractivity contribution is -0.161. The van der Waals surface area contributed by atoms with Gasteiger partial charge in [-0.25, -0.2) is 14.0 Å². The Bertz CT molecular complexity index is 1460. The predicted molar refractivity (Wildman–Crippen MR) is 189 cm³/mol. The highest BCUT2D eigenvalue weighted by atomic mass is 32.7. The molecule has 1 fully saturated rings. The molecule has 0 bridgehead atoms. The van der Waals surface area contributed by atoms with Gasteiger partial charge in [-0.05, 0) is 80.6 Å². The minimum Gasteiger partial charge on any atom is -0.438 e. The number of carbonyl (C=O) groups is 2. The fourth-order valence-corrected chi connectivity index (χ4v) is 9.12. The molecule has 51 heavy (non-hydrogen) atoms. The van der Waals surface area contributed by atoms with Gasteiger partial charge < -0.3 is 28.0 Å². The molecule has 0 spiro atoms. The number of methoxy groups -OCH3 is 1. The molecule has 2 unspecified atom stereocenters. The number of carbonyl (C=O) groups excluding carboxylic acids is 2. The van der Waals surface area contributed by atoms with E-state index in [1.54, 1.807) is 41.5 Å². The number of aromatic nitrogens is 2. The van der Waals surface area contributed by atoms with E-state index in [1.165, 1.54) is 13.3 Å². The first-order valence-corrected chi connectivity index (χ1v) is 20.5. The van der Waals surface area contributed by atoms with Gasteiger partial charge >= 0.3 is 24.4 Å². The number of esters is 2. The highest BCUT2D eigenvalue weighted by molar-refractivity contribution is 8.55. The summed E-state index contributed by atoms with van der Waals surface area (Å²) in [6.45, 7) is 12.0. The summed E-state index contributed by atoms with van der Waals surface area (Å²) in [6, 6.07) is 3.10. The Kier molecular flexibility index (Phi) is 17.5. The van der Waals surface area contributed by atoms with Crippen LogP contribution >= 0.6 is 26.7 Å². The lowest BCUT2D eigenvalue weighted by Gasteiger charge is -2.38. The summed E-state index contributed by atoms with van der Waals surface area (Å²) in [5, 5.41) is 9.18. The maximum atomic E-state index is 14.1. The fourth-order valence-electron chi connectivity index (χ4n) is 4.47. The van der Waals surface area contributed by atoms with E-state index in [0.717, 1.165) is 10.6 Å². The zero-order chi connectivity index (χ0) is 38.7. The van der Waals surface area contributed by atoms with Gasteiger partial charge in [-0.1, -0.05) is 0 Å². The van der Waals surface area contributed by atoms with Gasteiger partial charge in [-0.15, -0.1) is 0 Å². The Hall–Kier alpha value is -2.16. The number of nitrogens with one attached hydrogen (secondary N) is 1. The van der Waals surface area contributed by atoms with Gasteiger partial charge in [0.2, 0.25) is 13.6 Å². The molecule has 2 rings (SSSR count). The smallest absolute Gasteiger partial charge is 0.395 e. The summed E-state index contributed by atoms with van der Waals surface area (Å²) in [6.07, 6.45) is -2.69. The number of rotatable bonds is 19. The van der Waals surface area contributed by atoms with E-state index in [-0.39, 0.29) is 30.9 Å². The first-order valence-electron chi connectivity index (χ1n) is 16.3. The molecule has 1 aliphatic rings. The molecular formula is C31H52N4O13P2S. The van der Waals surface area contributed by atoms with Gasteiger partial charge in [0, 0.05) is 37.2 Å². The first kappa shape index (κ1) is 45.0. The molecule has 1 N–H and O–H groups in total. The number of nitrogens with zero attached hydrogens (tertiary/aromatic N) is 3. The van der Waals surface area contributed by atoms with Crippen molar-refractivity contribution in [3.05, 3.63) is 33.1 Å². The molecular weight excluding hydrogens is 730 g/mol. The van der Waals surface area contributed by atoms with Crippen molar-refractivity contribution < 1.29 is 51.2 Å². The quantitative estimate of drug-likeness (QED) is 0.0840. The molecule has 1 aromatic heterocycles. The second-order valence-electron chi connectivity index (χ2n) is 14.0. The average molecular weight is 783 g/mol. The summed E-state index contributed by atoms with van der Waals surface area (Å²) < 4.78 is 63.4. The lowest BCUT2D eigenvalue weighted by atomic mass is 9.98. The van der Waals surface area contributed by atoms with Crippen LogP contribution in [-0.2, 0) is 51.2 Å². The largest absolute Gasteiger partial charge is 0.438 e. The van der Waals surface area contributed by atoms with E-state index in [2.05, 4.69) is 11.1 Å². The van der Waals surface area contributed by atoms with Crippen molar-refractivity contribution in [2.45, 2.75) is 112 Å². The minimum absolute atomic E-state index is 0.0550. The number of aromatic amines is 1. The average Bonchev–Trinajstić information content (AvgIpc) is 3.35. The van der Waals surface area contributed by atoms with Crippen LogP contribution in [0.4, 0.5) is 0 Å². The molecule has 1 aromatic rings. The highest BCUT2D eigenvalue weighted by Crippen LogP contribution is 2.62. The van der Waals surface area contributed by atoms with Crippen molar-refractivity contribution in [2.75, 3.05) is 33.1 Å². The summed E-state index contributed by atoms with van der Waals surface area (Å²) in [5.74, 6) is -1.40. The normalized spacial score (nSPS) is 20.5. The van der Waals surface area contributed by atoms with Crippen LogP contribution in [0.15, 0.2) is 21.9 Å². The van der Waals surface area contributed by atoms with Crippen LogP contribution in [-0.4, -0.2) is 89.6 Å². The van der Waals surface area contributed by atoms with Gasteiger partial charge in [-0.3, -0.25) is 33.0 Å². The summed E-state index contributed by atoms with van der Waals surface area (Å²) >= 11 is 0.662. The van der Waals surface area contributed by atoms with E-state index < -0.39 is 87.5 Å². The summed E-state index contributed by atoms with van der Waals surface area (Å²) in [5.41, 5.74) is -3.12. The number of hydrogen-bond donors (Lipinski definition) is 1. The Labute approximate surface area is 304 Å². The van der Waals surface area contributed by atoms with Gasteiger partial charge in [0.25, 0.3) is 14.1 Å². The van der Waals surface area contributed by atoms with E-state index in [4.69, 9.17) is 37.0 Å². The van der Waals surface area contributed by atoms with Crippen molar-refractivity contribution >= 4 is 38.6 Å². The molecule has 5 atom stereocenters. The highest BCUT2D eigenvalue weighted by Gasteiger charge is 2.50. The third kappa shape index (κ3) is 13.6. The second-order valence-corrected chi connectivity index (χ2v) is 19.5. The Morgan fingerprint density at radius 1 is 1.04 bits per heavy atom. The van der Waals surface area contributed by atoms with Crippen molar-refractivity contribution in [3.63, 3.8) is 0 Å². The zero-order valence-corrected chi connectivity index (χ0v) is 33.7. The Balaban J connectivity index is 2.50. The number of ether oxygens (including phenoxy) is 4. The second kappa shape index (κ2) is 19.8. The lowest BCUT2D eigenvalue weighted by Crippen LogP contribution is -2.41. The minimum atomic E-state index is -4.26. The number of H-pyrrole nitrogens is 1. The van der Waals surface area contributed by atoms with Gasteiger partial charge in [0.15, 0.2) is 6.23 Å². The van der Waals surface area contributed by atoms with E-state index in [0.29, 0.717) is 11.4 Å². The topological polar surface area (TPSA) is 207 Å². The van der Waals surface area contributed by atoms with Gasteiger partial charge in [0.05, 0.1) is 36.0 Å². The van der Waals surface area contributed by atoms with Gasteiger partial charge in [-0.2, -0.15) is 5.26 Å². The molecule has 2 heterocycles. The van der Waals surface area contributed by atoms with Crippen LogP contribution in [0.5, 0.6) is 0 Å². The van der Waals surface area contributed by atoms with Crippen molar-refractivity contribution in [3.8, 4) is 6.07 Å². The zero-order valence-electron chi connectivity index (χ0n) is 31.1. The van der Waals surface area contributed by atoms with Crippen molar-refractivity contribution in [2.24, 2.45) is 10.8 Å². The van der Waals surface area contributed by atoms with Gasteiger partial charge in [0.1, 0.15) is 12.2 Å². The van der Waals surface area contributed by atoms with Crippen molar-refractivity contribution in [1.82, 2.24) is 14.2 Å². The molecule has 0 saturated carbocycles. The number of nitriles is 1. The van der Waals surface area contributed by atoms with Crippen LogP contribution in [0.25, 0.3) is 0 Å². The Morgan fingerprint density at radius 3 is 2.04 bits per heavy atom. The van der Waals surface area contributed by atoms with Crippen LogP contribution in [0.1, 0.15) is 81.9 Å². The molecule has 1 saturated heterocycles. The standard InChI is InChI=1S/C31H52N4O13P2S/c1-20(2)35(21(3)4)49(44-16-12-14-32)48-24-22(47-26(25(24)41-11)34-15-13-23(36)33-29(34)39)17-51-50(40,45-18-42-27(37)30(5,6)7)46-19-43-28(38)31(8,9)10/h13,15,20-22,24-26H,12,16-19H2,1-11H3,(H,33,36,39)/t22-,24+,25?,26-,49?/m1/s1. The molecule has 1 aliphatic heterocycles. The van der Waals surface area contributed by atoms with E-state index in [1.807, 2.05) is 32.4 Å². The maximum Gasteiger partial charge on any atom is 0.395 e. The molecule has 17 nitrogen and oxygen atoms in total. The Morgan fingerprint density at radius 2 is 1.59 bits per heavy atom. The van der Waals surface area contributed by atoms with Crippen LogP contribution in [0.2, 0.25) is 0 Å². The fraction of sp³-hybridized carbons (Fsp3) is 0.774. The van der Waals surface area contributed by atoms with Crippen molar-refractivity contribution in [1.29, 1.82) is 5.26 Å². The maximum absolute atomic E-state index is 14.1. The van der Waals surface area contributed by atoms with E-state index >= 15 is 0 Å². The number of hydrogen-bond acceptors (Lipinski definition) is 16. The summed E-state index contributed by atoms with van der Waals surface area (Å²) in [4.78, 5) is 51.7. The SMILES string of the molecule is COC1[C@@H](OP(OCCC#N)N(C(C)C)C(C)C)[C@@H](CSP(=O)(OCOC(=O)C(C)(C)C)OCOC(=O)C(C)(C)C)O[C@H]1n1ccc(=O)[nH]c1=O.